The molecule has 0 bridgehead atoms. The molecule has 5 nitrogen and oxygen atoms in total. The molecule has 0 saturated heterocycles. The van der Waals surface area contributed by atoms with Crippen molar-refractivity contribution in [1.29, 1.82) is 0 Å². The second-order valence-corrected chi connectivity index (χ2v) is 6.29. The monoisotopic (exact) mass is 305 g/mol. The molecule has 0 aromatic carbocycles. The van der Waals surface area contributed by atoms with Gasteiger partial charge < -0.3 is 16.0 Å². The average Bonchev–Trinajstić information content (AvgIpc) is 3.17. The number of carbonyl (C=O) groups is 2. The fourth-order valence-corrected chi connectivity index (χ4v) is 1.93. The molecule has 0 aromatic heterocycles. The lowest BCUT2D eigenvalue weighted by Crippen LogP contribution is -2.40. The van der Waals surface area contributed by atoms with E-state index in [2.05, 4.69) is 5.32 Å². The zero-order chi connectivity index (χ0) is 14.5. The molecular weight excluding hydrogens is 278 g/mol. The Hall–Kier alpha value is -0.810. The first-order valence-electron chi connectivity index (χ1n) is 7.07. The van der Waals surface area contributed by atoms with E-state index in [0.29, 0.717) is 32.5 Å². The van der Waals surface area contributed by atoms with Crippen molar-refractivity contribution in [2.75, 3.05) is 26.7 Å². The topological polar surface area (TPSA) is 75.4 Å². The van der Waals surface area contributed by atoms with Crippen LogP contribution in [0.25, 0.3) is 0 Å². The van der Waals surface area contributed by atoms with Crippen molar-refractivity contribution in [3.8, 4) is 0 Å². The fourth-order valence-electron chi connectivity index (χ4n) is 1.93. The quantitative estimate of drug-likeness (QED) is 0.661. The standard InChI is InChI=1S/C14H27N3O2.ClH/c1-14(2,9-15)10-17(3)12(18)5-4-8-16-13(19)11-6-7-11;/h11H,4-10,15H2,1-3H3,(H,16,19);1H. The van der Waals surface area contributed by atoms with E-state index in [1.165, 1.54) is 0 Å². The average molecular weight is 306 g/mol. The van der Waals surface area contributed by atoms with Gasteiger partial charge in [0.25, 0.3) is 0 Å². The van der Waals surface area contributed by atoms with Crippen LogP contribution in [0.3, 0.4) is 0 Å². The molecule has 1 saturated carbocycles. The van der Waals surface area contributed by atoms with E-state index in [9.17, 15) is 9.59 Å². The number of hydrogen-bond donors (Lipinski definition) is 2. The van der Waals surface area contributed by atoms with Gasteiger partial charge in [0.1, 0.15) is 0 Å². The Balaban J connectivity index is 0.00000361. The van der Waals surface area contributed by atoms with Crippen LogP contribution in [0, 0.1) is 11.3 Å². The van der Waals surface area contributed by atoms with E-state index in [0.717, 1.165) is 12.8 Å². The molecule has 0 spiro atoms. The van der Waals surface area contributed by atoms with Crippen LogP contribution in [0.5, 0.6) is 0 Å². The highest BCUT2D eigenvalue weighted by molar-refractivity contribution is 5.85. The predicted octanol–water partition coefficient (Wildman–Crippen LogP) is 1.16. The van der Waals surface area contributed by atoms with E-state index in [1.54, 1.807) is 4.90 Å². The lowest BCUT2D eigenvalue weighted by atomic mass is 9.93. The van der Waals surface area contributed by atoms with Gasteiger partial charge in [-0.2, -0.15) is 0 Å². The van der Waals surface area contributed by atoms with Gasteiger partial charge in [0.15, 0.2) is 0 Å². The van der Waals surface area contributed by atoms with Crippen molar-refractivity contribution in [2.45, 2.75) is 39.5 Å². The summed E-state index contributed by atoms with van der Waals surface area (Å²) in [5, 5.41) is 2.87. The minimum atomic E-state index is -0.0510. The van der Waals surface area contributed by atoms with Gasteiger partial charge in [-0.3, -0.25) is 9.59 Å². The summed E-state index contributed by atoms with van der Waals surface area (Å²) in [6.07, 6.45) is 3.20. The van der Waals surface area contributed by atoms with E-state index >= 15 is 0 Å². The molecule has 1 rings (SSSR count). The van der Waals surface area contributed by atoms with Gasteiger partial charge in [-0.1, -0.05) is 13.8 Å². The normalized spacial score (nSPS) is 14.4. The Kier molecular flexibility index (Phi) is 8.13. The van der Waals surface area contributed by atoms with Gasteiger partial charge in [0.2, 0.25) is 11.8 Å². The van der Waals surface area contributed by atoms with Crippen LogP contribution in [0.15, 0.2) is 0 Å². The summed E-state index contributed by atoms with van der Waals surface area (Å²) in [7, 11) is 1.81. The zero-order valence-corrected chi connectivity index (χ0v) is 13.6. The van der Waals surface area contributed by atoms with E-state index in [-0.39, 0.29) is 35.6 Å². The molecule has 1 aliphatic carbocycles. The zero-order valence-electron chi connectivity index (χ0n) is 12.8. The van der Waals surface area contributed by atoms with Crippen LogP contribution < -0.4 is 11.1 Å². The van der Waals surface area contributed by atoms with Crippen LogP contribution in [-0.2, 0) is 9.59 Å². The number of nitrogens with one attached hydrogen (secondary N) is 1. The number of halogens is 1. The first kappa shape index (κ1) is 19.2. The van der Waals surface area contributed by atoms with Crippen molar-refractivity contribution in [2.24, 2.45) is 17.1 Å². The highest BCUT2D eigenvalue weighted by Crippen LogP contribution is 2.28. The Labute approximate surface area is 128 Å². The number of rotatable bonds is 8. The minimum Gasteiger partial charge on any atom is -0.356 e. The van der Waals surface area contributed by atoms with Gasteiger partial charge in [-0.25, -0.2) is 0 Å². The summed E-state index contributed by atoms with van der Waals surface area (Å²) < 4.78 is 0. The second-order valence-electron chi connectivity index (χ2n) is 6.29. The molecule has 1 aliphatic rings. The number of hydrogen-bond acceptors (Lipinski definition) is 3. The first-order chi connectivity index (χ1) is 8.85. The number of nitrogens with two attached hydrogens (primary N) is 1. The molecule has 0 aliphatic heterocycles. The first-order valence-corrected chi connectivity index (χ1v) is 7.07. The summed E-state index contributed by atoms with van der Waals surface area (Å²) in [5.41, 5.74) is 5.61. The van der Waals surface area contributed by atoms with E-state index < -0.39 is 0 Å². The van der Waals surface area contributed by atoms with Gasteiger partial charge in [0.05, 0.1) is 0 Å². The van der Waals surface area contributed by atoms with Crippen LogP contribution in [0.2, 0.25) is 0 Å². The molecule has 6 heteroatoms. The summed E-state index contributed by atoms with van der Waals surface area (Å²) in [6.45, 7) is 5.91. The molecular formula is C14H28ClN3O2. The lowest BCUT2D eigenvalue weighted by Gasteiger charge is -2.29. The fraction of sp³-hybridized carbons (Fsp3) is 0.857. The molecule has 0 atom stereocenters. The summed E-state index contributed by atoms with van der Waals surface area (Å²) in [5.74, 6) is 0.496. The molecule has 20 heavy (non-hydrogen) atoms. The van der Waals surface area contributed by atoms with Crippen molar-refractivity contribution < 1.29 is 9.59 Å². The number of carbonyl (C=O) groups excluding carboxylic acids is 2. The van der Waals surface area contributed by atoms with Crippen LogP contribution in [-0.4, -0.2) is 43.4 Å². The highest BCUT2D eigenvalue weighted by atomic mass is 35.5. The summed E-state index contributed by atoms with van der Waals surface area (Å²) >= 11 is 0. The molecule has 0 unspecified atom stereocenters. The number of amides is 2. The van der Waals surface area contributed by atoms with Crippen molar-refractivity contribution in [3.05, 3.63) is 0 Å². The summed E-state index contributed by atoms with van der Waals surface area (Å²) in [6, 6.07) is 0. The third-order valence-corrected chi connectivity index (χ3v) is 3.46. The Morgan fingerprint density at radius 1 is 1.35 bits per heavy atom. The van der Waals surface area contributed by atoms with Crippen LogP contribution in [0.1, 0.15) is 39.5 Å². The van der Waals surface area contributed by atoms with Crippen LogP contribution >= 0.6 is 12.4 Å². The maximum absolute atomic E-state index is 11.9. The van der Waals surface area contributed by atoms with Gasteiger partial charge >= 0.3 is 0 Å². The molecule has 3 N–H and O–H groups in total. The molecule has 0 radical (unpaired) electrons. The molecule has 1 fully saturated rings. The molecule has 118 valence electrons. The lowest BCUT2D eigenvalue weighted by molar-refractivity contribution is -0.131. The molecule has 0 aromatic rings. The summed E-state index contributed by atoms with van der Waals surface area (Å²) in [4.78, 5) is 25.0. The third-order valence-electron chi connectivity index (χ3n) is 3.46. The van der Waals surface area contributed by atoms with Gasteiger partial charge in [-0.15, -0.1) is 12.4 Å². The van der Waals surface area contributed by atoms with Gasteiger partial charge in [0, 0.05) is 32.5 Å². The van der Waals surface area contributed by atoms with Crippen molar-refractivity contribution in [1.82, 2.24) is 10.2 Å². The molecule has 2 amide bonds. The second kappa shape index (κ2) is 8.47. The largest absolute Gasteiger partial charge is 0.356 e. The minimum absolute atomic E-state index is 0. The molecule has 0 heterocycles. The number of nitrogens with zero attached hydrogens (tertiary/aromatic N) is 1. The smallest absolute Gasteiger partial charge is 0.223 e. The third kappa shape index (κ3) is 7.10. The Morgan fingerprint density at radius 3 is 2.45 bits per heavy atom. The SMILES string of the molecule is CN(CC(C)(C)CN)C(=O)CCCNC(=O)C1CC1.Cl. The Morgan fingerprint density at radius 2 is 1.95 bits per heavy atom. The van der Waals surface area contributed by atoms with Crippen LogP contribution in [0.4, 0.5) is 0 Å². The van der Waals surface area contributed by atoms with E-state index in [4.69, 9.17) is 5.73 Å². The van der Waals surface area contributed by atoms with E-state index in [1.807, 2.05) is 20.9 Å². The van der Waals surface area contributed by atoms with Gasteiger partial charge in [-0.05, 0) is 31.2 Å². The Bertz CT molecular complexity index is 330. The maximum atomic E-state index is 11.9. The van der Waals surface area contributed by atoms with Crippen molar-refractivity contribution >= 4 is 24.2 Å². The maximum Gasteiger partial charge on any atom is 0.223 e. The predicted molar refractivity (Wildman–Crippen MR) is 82.7 cm³/mol. The van der Waals surface area contributed by atoms with Crippen molar-refractivity contribution in [3.63, 3.8) is 0 Å². The highest BCUT2D eigenvalue weighted by Gasteiger charge is 2.29.